The van der Waals surface area contributed by atoms with Gasteiger partial charge in [-0.1, -0.05) is 19.9 Å². The second-order valence-corrected chi connectivity index (χ2v) is 4.35. The fourth-order valence-electron chi connectivity index (χ4n) is 0.624. The van der Waals surface area contributed by atoms with E-state index in [4.69, 9.17) is 4.18 Å². The van der Waals surface area contributed by atoms with Crippen LogP contribution in [0.25, 0.3) is 0 Å². The zero-order chi connectivity index (χ0) is 9.07. The van der Waals surface area contributed by atoms with Crippen molar-refractivity contribution in [2.24, 2.45) is 5.92 Å². The zero-order valence-electron chi connectivity index (χ0n) is 7.07. The molecule has 0 aromatic rings. The molecule has 0 spiro atoms. The molecule has 0 aliphatic rings. The SMILES string of the molecule is C=CC(OS(C)(=O)=O)C(C)C. The molecule has 66 valence electrons. The van der Waals surface area contributed by atoms with E-state index in [0.29, 0.717) is 0 Å². The molecule has 1 atom stereocenters. The van der Waals surface area contributed by atoms with Crippen LogP contribution in [0.15, 0.2) is 12.7 Å². The van der Waals surface area contributed by atoms with Gasteiger partial charge in [0.25, 0.3) is 10.1 Å². The first-order chi connectivity index (χ1) is 4.87. The Kier molecular flexibility index (Phi) is 3.75. The van der Waals surface area contributed by atoms with Gasteiger partial charge in [0.05, 0.1) is 12.4 Å². The molecule has 3 nitrogen and oxygen atoms in total. The first-order valence-corrected chi connectivity index (χ1v) is 5.19. The van der Waals surface area contributed by atoms with Gasteiger partial charge < -0.3 is 0 Å². The predicted molar refractivity (Wildman–Crippen MR) is 44.8 cm³/mol. The van der Waals surface area contributed by atoms with Gasteiger partial charge in [0.2, 0.25) is 0 Å². The number of hydrogen-bond donors (Lipinski definition) is 0. The molecule has 0 fully saturated rings. The average Bonchev–Trinajstić information content (AvgIpc) is 1.80. The molecule has 4 heteroatoms. The van der Waals surface area contributed by atoms with Gasteiger partial charge in [0.1, 0.15) is 0 Å². The van der Waals surface area contributed by atoms with Gasteiger partial charge in [-0.15, -0.1) is 6.58 Å². The standard InChI is InChI=1S/C7H14O3S/c1-5-7(6(2)3)10-11(4,8)9/h5-7H,1H2,2-4H3. The van der Waals surface area contributed by atoms with E-state index >= 15 is 0 Å². The smallest absolute Gasteiger partial charge is 0.263 e. The van der Waals surface area contributed by atoms with Crippen molar-refractivity contribution in [2.45, 2.75) is 20.0 Å². The molecule has 0 saturated heterocycles. The van der Waals surface area contributed by atoms with Gasteiger partial charge >= 0.3 is 0 Å². The molecule has 0 radical (unpaired) electrons. The van der Waals surface area contributed by atoms with Crippen LogP contribution in [-0.4, -0.2) is 20.8 Å². The maximum atomic E-state index is 10.6. The Bertz CT molecular complexity index is 216. The first kappa shape index (κ1) is 10.7. The molecule has 0 N–H and O–H groups in total. The van der Waals surface area contributed by atoms with E-state index in [1.54, 1.807) is 0 Å². The minimum atomic E-state index is -3.35. The highest BCUT2D eigenvalue weighted by Gasteiger charge is 2.14. The van der Waals surface area contributed by atoms with E-state index in [1.807, 2.05) is 13.8 Å². The summed E-state index contributed by atoms with van der Waals surface area (Å²) in [5.74, 6) is 0.127. The third kappa shape index (κ3) is 4.98. The summed E-state index contributed by atoms with van der Waals surface area (Å²) in [5.41, 5.74) is 0. The predicted octanol–water partition coefficient (Wildman–Crippen LogP) is 1.17. The van der Waals surface area contributed by atoms with Crippen molar-refractivity contribution in [1.29, 1.82) is 0 Å². The summed E-state index contributed by atoms with van der Waals surface area (Å²) in [5, 5.41) is 0. The molecule has 0 aromatic carbocycles. The maximum Gasteiger partial charge on any atom is 0.264 e. The van der Waals surface area contributed by atoms with E-state index in [-0.39, 0.29) is 5.92 Å². The van der Waals surface area contributed by atoms with Gasteiger partial charge in [-0.2, -0.15) is 8.42 Å². The second kappa shape index (κ2) is 3.88. The molecule has 0 heterocycles. The Labute approximate surface area is 68.2 Å². The van der Waals surface area contributed by atoms with Crippen LogP contribution in [0.4, 0.5) is 0 Å². The van der Waals surface area contributed by atoms with Crippen LogP contribution in [0.3, 0.4) is 0 Å². The molecule has 0 aliphatic heterocycles. The lowest BCUT2D eigenvalue weighted by molar-refractivity contribution is 0.207. The topological polar surface area (TPSA) is 43.4 Å². The van der Waals surface area contributed by atoms with Gasteiger partial charge in [0.15, 0.2) is 0 Å². The molecular weight excluding hydrogens is 164 g/mol. The normalized spacial score (nSPS) is 14.9. The summed E-state index contributed by atoms with van der Waals surface area (Å²) in [6, 6.07) is 0. The van der Waals surface area contributed by atoms with Crippen LogP contribution < -0.4 is 0 Å². The highest BCUT2D eigenvalue weighted by atomic mass is 32.2. The third-order valence-electron chi connectivity index (χ3n) is 1.18. The van der Waals surface area contributed by atoms with Crippen LogP contribution in [0.2, 0.25) is 0 Å². The minimum absolute atomic E-state index is 0.127. The Morgan fingerprint density at radius 1 is 1.45 bits per heavy atom. The van der Waals surface area contributed by atoms with Crippen molar-refractivity contribution in [2.75, 3.05) is 6.26 Å². The van der Waals surface area contributed by atoms with Crippen molar-refractivity contribution in [3.63, 3.8) is 0 Å². The summed E-state index contributed by atoms with van der Waals surface area (Å²) in [6.45, 7) is 7.22. The summed E-state index contributed by atoms with van der Waals surface area (Å²) in [7, 11) is -3.35. The van der Waals surface area contributed by atoms with Gasteiger partial charge in [-0.3, -0.25) is 4.18 Å². The maximum absolute atomic E-state index is 10.6. The van der Waals surface area contributed by atoms with E-state index < -0.39 is 16.2 Å². The molecular formula is C7H14O3S. The third-order valence-corrected chi connectivity index (χ3v) is 1.75. The first-order valence-electron chi connectivity index (χ1n) is 3.37. The van der Waals surface area contributed by atoms with Crippen LogP contribution in [-0.2, 0) is 14.3 Å². The van der Waals surface area contributed by atoms with E-state index in [1.165, 1.54) is 6.08 Å². The summed E-state index contributed by atoms with van der Waals surface area (Å²) in [6.07, 6.45) is 2.11. The largest absolute Gasteiger partial charge is 0.264 e. The van der Waals surface area contributed by atoms with Gasteiger partial charge in [-0.25, -0.2) is 0 Å². The Morgan fingerprint density at radius 3 is 2.00 bits per heavy atom. The van der Waals surface area contributed by atoms with E-state index in [2.05, 4.69) is 6.58 Å². The van der Waals surface area contributed by atoms with Gasteiger partial charge in [-0.05, 0) is 5.92 Å². The molecule has 0 aromatic heterocycles. The van der Waals surface area contributed by atoms with E-state index in [0.717, 1.165) is 6.26 Å². The molecule has 0 rings (SSSR count). The van der Waals surface area contributed by atoms with Crippen molar-refractivity contribution in [3.05, 3.63) is 12.7 Å². The van der Waals surface area contributed by atoms with Gasteiger partial charge in [0, 0.05) is 0 Å². The van der Waals surface area contributed by atoms with E-state index in [9.17, 15) is 8.42 Å². The molecule has 0 saturated carbocycles. The lowest BCUT2D eigenvalue weighted by atomic mass is 10.1. The monoisotopic (exact) mass is 178 g/mol. The zero-order valence-corrected chi connectivity index (χ0v) is 7.89. The van der Waals surface area contributed by atoms with Crippen LogP contribution in [0.1, 0.15) is 13.8 Å². The molecule has 0 aliphatic carbocycles. The Balaban J connectivity index is 4.22. The van der Waals surface area contributed by atoms with Crippen LogP contribution in [0.5, 0.6) is 0 Å². The fourth-order valence-corrected chi connectivity index (χ4v) is 1.33. The lowest BCUT2D eigenvalue weighted by Gasteiger charge is -2.14. The van der Waals surface area contributed by atoms with Crippen molar-refractivity contribution in [3.8, 4) is 0 Å². The summed E-state index contributed by atoms with van der Waals surface area (Å²) < 4.78 is 26.0. The molecule has 11 heavy (non-hydrogen) atoms. The van der Waals surface area contributed by atoms with Crippen LogP contribution >= 0.6 is 0 Å². The second-order valence-electron chi connectivity index (χ2n) is 2.74. The highest BCUT2D eigenvalue weighted by molar-refractivity contribution is 7.86. The molecule has 0 bridgehead atoms. The molecule has 0 amide bonds. The van der Waals surface area contributed by atoms with Crippen molar-refractivity contribution >= 4 is 10.1 Å². The summed E-state index contributed by atoms with van der Waals surface area (Å²) in [4.78, 5) is 0. The van der Waals surface area contributed by atoms with Crippen molar-refractivity contribution < 1.29 is 12.6 Å². The average molecular weight is 178 g/mol. The number of rotatable bonds is 4. The van der Waals surface area contributed by atoms with Crippen molar-refractivity contribution in [1.82, 2.24) is 0 Å². The molecule has 1 unspecified atom stereocenters. The highest BCUT2D eigenvalue weighted by Crippen LogP contribution is 2.09. The fraction of sp³-hybridized carbons (Fsp3) is 0.714. The van der Waals surface area contributed by atoms with Crippen LogP contribution in [0, 0.1) is 5.92 Å². The lowest BCUT2D eigenvalue weighted by Crippen LogP contribution is -2.20. The number of hydrogen-bond acceptors (Lipinski definition) is 3. The summed E-state index contributed by atoms with van der Waals surface area (Å²) >= 11 is 0. The Morgan fingerprint density at radius 2 is 1.91 bits per heavy atom. The Hall–Kier alpha value is -0.350. The quantitative estimate of drug-likeness (QED) is 0.479. The minimum Gasteiger partial charge on any atom is -0.263 e.